The summed E-state index contributed by atoms with van der Waals surface area (Å²) in [7, 11) is 1.96. The molecule has 1 aliphatic rings. The van der Waals surface area contributed by atoms with Gasteiger partial charge in [-0.2, -0.15) is 5.10 Å². The summed E-state index contributed by atoms with van der Waals surface area (Å²) in [5.41, 5.74) is 4.06. The van der Waals surface area contributed by atoms with E-state index in [9.17, 15) is 9.59 Å². The summed E-state index contributed by atoms with van der Waals surface area (Å²) in [5.74, 6) is -0.0628. The molecule has 4 rings (SSSR count). The maximum absolute atomic E-state index is 12.7. The third-order valence-electron chi connectivity index (χ3n) is 5.01. The topological polar surface area (TPSA) is 73.0 Å². The Labute approximate surface area is 156 Å². The van der Waals surface area contributed by atoms with Crippen LogP contribution in [-0.2, 0) is 31.2 Å². The molecule has 0 saturated carbocycles. The normalized spacial score (nSPS) is 13.9. The predicted octanol–water partition coefficient (Wildman–Crippen LogP) is 1.27. The summed E-state index contributed by atoms with van der Waals surface area (Å²) in [4.78, 5) is 30.0. The molecule has 0 bridgehead atoms. The zero-order chi connectivity index (χ0) is 18.8. The minimum atomic E-state index is -0.403. The summed E-state index contributed by atoms with van der Waals surface area (Å²) in [6.07, 6.45) is 4.53. The van der Waals surface area contributed by atoms with E-state index < -0.39 is 5.69 Å². The van der Waals surface area contributed by atoms with Gasteiger partial charge in [0, 0.05) is 55.8 Å². The molecular weight excluding hydrogens is 342 g/mol. The fourth-order valence-corrected chi connectivity index (χ4v) is 3.61. The highest BCUT2D eigenvalue weighted by Crippen LogP contribution is 2.27. The minimum Gasteiger partial charge on any atom is -0.340 e. The summed E-state index contributed by atoms with van der Waals surface area (Å²) < 4.78 is 3.27. The fourth-order valence-electron chi connectivity index (χ4n) is 3.61. The van der Waals surface area contributed by atoms with Crippen LogP contribution in [0.1, 0.15) is 11.3 Å². The molecule has 1 amide bonds. The highest BCUT2D eigenvalue weighted by molar-refractivity contribution is 5.76. The largest absolute Gasteiger partial charge is 0.347 e. The van der Waals surface area contributed by atoms with E-state index in [1.54, 1.807) is 12.3 Å². The van der Waals surface area contributed by atoms with Gasteiger partial charge in [-0.1, -0.05) is 30.3 Å². The average molecular weight is 363 g/mol. The van der Waals surface area contributed by atoms with E-state index in [2.05, 4.69) is 17.1 Å². The number of aryl methyl sites for hydroxylation is 1. The van der Waals surface area contributed by atoms with Crippen LogP contribution in [0.15, 0.2) is 53.6 Å². The number of hydrogen-bond donors (Lipinski definition) is 0. The zero-order valence-corrected chi connectivity index (χ0v) is 15.2. The lowest BCUT2D eigenvalue weighted by molar-refractivity contribution is -0.131. The monoisotopic (exact) mass is 363 g/mol. The van der Waals surface area contributed by atoms with Gasteiger partial charge in [0.15, 0.2) is 0 Å². The molecule has 0 unspecified atom stereocenters. The number of fused-ring (bicyclic) bond motifs is 1. The summed E-state index contributed by atoms with van der Waals surface area (Å²) in [6.45, 7) is 1.26. The van der Waals surface area contributed by atoms with E-state index in [4.69, 9.17) is 5.10 Å². The van der Waals surface area contributed by atoms with Crippen molar-refractivity contribution in [3.05, 3.63) is 70.5 Å². The predicted molar refractivity (Wildman–Crippen MR) is 101 cm³/mol. The summed E-state index contributed by atoms with van der Waals surface area (Å²) in [6, 6.07) is 11.8. The van der Waals surface area contributed by atoms with Gasteiger partial charge < -0.3 is 4.90 Å². The number of rotatable bonds is 3. The van der Waals surface area contributed by atoms with Crippen molar-refractivity contribution in [2.24, 2.45) is 7.05 Å². The molecule has 7 nitrogen and oxygen atoms in total. The number of hydrogen-bond acceptors (Lipinski definition) is 4. The molecule has 0 aliphatic carbocycles. The lowest BCUT2D eigenvalue weighted by Crippen LogP contribution is -2.38. The van der Waals surface area contributed by atoms with Gasteiger partial charge in [-0.05, 0) is 12.5 Å². The van der Waals surface area contributed by atoms with Crippen LogP contribution in [0.4, 0.5) is 0 Å². The van der Waals surface area contributed by atoms with Crippen LogP contribution in [0, 0.1) is 0 Å². The maximum Gasteiger partial charge on any atom is 0.347 e. The molecule has 1 aromatic carbocycles. The van der Waals surface area contributed by atoms with Crippen LogP contribution in [0.5, 0.6) is 0 Å². The number of carbonyl (C=O) groups excluding carboxylic acids is 1. The molecule has 7 heteroatoms. The molecule has 1 aliphatic heterocycles. The van der Waals surface area contributed by atoms with Crippen molar-refractivity contribution in [2.75, 3.05) is 13.1 Å². The van der Waals surface area contributed by atoms with Crippen molar-refractivity contribution in [3.8, 4) is 11.3 Å². The number of aromatic nitrogens is 4. The molecule has 0 N–H and O–H groups in total. The van der Waals surface area contributed by atoms with Crippen molar-refractivity contribution in [1.82, 2.24) is 24.2 Å². The van der Waals surface area contributed by atoms with Gasteiger partial charge in [-0.15, -0.1) is 0 Å². The van der Waals surface area contributed by atoms with Crippen LogP contribution >= 0.6 is 0 Å². The third kappa shape index (κ3) is 3.40. The van der Waals surface area contributed by atoms with E-state index in [1.807, 2.05) is 34.8 Å². The van der Waals surface area contributed by atoms with Crippen molar-refractivity contribution in [3.63, 3.8) is 0 Å². The Bertz CT molecular complexity index is 1020. The molecule has 0 radical (unpaired) electrons. The van der Waals surface area contributed by atoms with E-state index in [0.29, 0.717) is 13.1 Å². The first kappa shape index (κ1) is 17.2. The zero-order valence-electron chi connectivity index (χ0n) is 15.2. The van der Waals surface area contributed by atoms with E-state index in [0.717, 1.165) is 24.1 Å². The Morgan fingerprint density at radius 3 is 2.67 bits per heavy atom. The lowest BCUT2D eigenvalue weighted by atomic mass is 10.0. The van der Waals surface area contributed by atoms with Gasteiger partial charge in [0.2, 0.25) is 5.91 Å². The number of nitrogens with zero attached hydrogens (tertiary/aromatic N) is 5. The van der Waals surface area contributed by atoms with Gasteiger partial charge in [0.1, 0.15) is 6.54 Å². The van der Waals surface area contributed by atoms with Gasteiger partial charge in [0.25, 0.3) is 0 Å². The van der Waals surface area contributed by atoms with E-state index >= 15 is 0 Å². The van der Waals surface area contributed by atoms with E-state index in [-0.39, 0.29) is 12.5 Å². The second-order valence-corrected chi connectivity index (χ2v) is 6.67. The molecular formula is C20H21N5O2. The van der Waals surface area contributed by atoms with Crippen molar-refractivity contribution >= 4 is 5.91 Å². The summed E-state index contributed by atoms with van der Waals surface area (Å²) >= 11 is 0. The molecule has 3 aromatic rings. The van der Waals surface area contributed by atoms with Crippen LogP contribution in [0.2, 0.25) is 0 Å². The third-order valence-corrected chi connectivity index (χ3v) is 5.01. The Balaban J connectivity index is 1.54. The number of amides is 1. The smallest absolute Gasteiger partial charge is 0.340 e. The molecule has 0 spiro atoms. The second-order valence-electron chi connectivity index (χ2n) is 6.67. The highest BCUT2D eigenvalue weighted by atomic mass is 16.2. The molecule has 3 heterocycles. The van der Waals surface area contributed by atoms with Gasteiger partial charge >= 0.3 is 5.69 Å². The van der Waals surface area contributed by atoms with Crippen LogP contribution in [-0.4, -0.2) is 43.2 Å². The SMILES string of the molecule is Cn1nc(-c2ccccc2)c2c1CCN(C(=O)Cn1cccnc1=O)CC2. The molecule has 138 valence electrons. The molecule has 2 aromatic heterocycles. The molecule has 0 saturated heterocycles. The first-order valence-corrected chi connectivity index (χ1v) is 9.03. The van der Waals surface area contributed by atoms with Crippen LogP contribution in [0.3, 0.4) is 0 Å². The maximum atomic E-state index is 12.7. The van der Waals surface area contributed by atoms with Gasteiger partial charge in [-0.25, -0.2) is 9.78 Å². The Kier molecular flexibility index (Phi) is 4.58. The number of benzene rings is 1. The van der Waals surface area contributed by atoms with Crippen LogP contribution < -0.4 is 5.69 Å². The lowest BCUT2D eigenvalue weighted by Gasteiger charge is -2.20. The van der Waals surface area contributed by atoms with Gasteiger partial charge in [0.05, 0.1) is 5.69 Å². The van der Waals surface area contributed by atoms with E-state index in [1.165, 1.54) is 22.0 Å². The standard InChI is InChI=1S/C20H21N5O2/c1-23-17-9-13-24(18(26)14-25-11-5-10-21-20(25)27)12-8-16(17)19(22-23)15-6-3-2-4-7-15/h2-7,10-11H,8-9,12-14H2,1H3. The highest BCUT2D eigenvalue weighted by Gasteiger charge is 2.24. The Morgan fingerprint density at radius 2 is 1.89 bits per heavy atom. The quantitative estimate of drug-likeness (QED) is 0.703. The van der Waals surface area contributed by atoms with Crippen molar-refractivity contribution < 1.29 is 4.79 Å². The minimum absolute atomic E-state index is 0.0206. The molecule has 0 atom stereocenters. The van der Waals surface area contributed by atoms with Crippen molar-refractivity contribution in [2.45, 2.75) is 19.4 Å². The summed E-state index contributed by atoms with van der Waals surface area (Å²) in [5, 5.41) is 4.71. The van der Waals surface area contributed by atoms with Crippen LogP contribution in [0.25, 0.3) is 11.3 Å². The molecule has 0 fully saturated rings. The Hall–Kier alpha value is -3.22. The average Bonchev–Trinajstić information content (AvgIpc) is 2.86. The first-order chi connectivity index (χ1) is 13.1. The fraction of sp³-hybridized carbons (Fsp3) is 0.300. The Morgan fingerprint density at radius 1 is 1.11 bits per heavy atom. The first-order valence-electron chi connectivity index (χ1n) is 9.03. The second kappa shape index (κ2) is 7.19. The number of carbonyl (C=O) groups is 1. The van der Waals surface area contributed by atoms with Crippen molar-refractivity contribution in [1.29, 1.82) is 0 Å². The van der Waals surface area contributed by atoms with Gasteiger partial charge in [-0.3, -0.25) is 14.0 Å². The molecule has 27 heavy (non-hydrogen) atoms.